The zero-order valence-corrected chi connectivity index (χ0v) is 13.6. The van der Waals surface area contributed by atoms with Gasteiger partial charge in [-0.2, -0.15) is 12.7 Å². The van der Waals surface area contributed by atoms with E-state index in [4.69, 9.17) is 0 Å². The van der Waals surface area contributed by atoms with Crippen molar-refractivity contribution >= 4 is 16.2 Å². The van der Waals surface area contributed by atoms with Crippen LogP contribution in [0.3, 0.4) is 0 Å². The smallest absolute Gasteiger partial charge is 0.306 e. The van der Waals surface area contributed by atoms with Crippen molar-refractivity contribution < 1.29 is 23.1 Å². The fraction of sp³-hybridized carbons (Fsp3) is 0.923. The van der Waals surface area contributed by atoms with E-state index in [1.165, 1.54) is 14.2 Å². The normalized spacial score (nSPS) is 18.7. The van der Waals surface area contributed by atoms with Crippen molar-refractivity contribution in [1.82, 2.24) is 9.03 Å². The van der Waals surface area contributed by atoms with Crippen molar-refractivity contribution in [3.05, 3.63) is 0 Å². The third-order valence-corrected chi connectivity index (χ3v) is 5.66. The number of carbonyl (C=O) groups excluding carboxylic acids is 1. The minimum atomic E-state index is -3.65. The lowest BCUT2D eigenvalue weighted by Crippen LogP contribution is -2.46. The molecule has 1 aliphatic carbocycles. The third-order valence-electron chi connectivity index (χ3n) is 4.15. The molecule has 1 saturated carbocycles. The Hall–Kier alpha value is -0.700. The molecule has 0 aliphatic heterocycles. The number of nitrogens with zero attached hydrogens (tertiary/aromatic N) is 1. The van der Waals surface area contributed by atoms with Crippen LogP contribution in [0.15, 0.2) is 0 Å². The van der Waals surface area contributed by atoms with E-state index in [1.54, 1.807) is 0 Å². The molecule has 0 saturated heterocycles. The first-order chi connectivity index (χ1) is 9.85. The highest BCUT2D eigenvalue weighted by molar-refractivity contribution is 7.87. The second kappa shape index (κ2) is 8.07. The van der Waals surface area contributed by atoms with Gasteiger partial charge in [0, 0.05) is 32.2 Å². The molecule has 0 aromatic carbocycles. The Morgan fingerprint density at radius 2 is 1.95 bits per heavy atom. The van der Waals surface area contributed by atoms with Crippen molar-refractivity contribution in [2.75, 3.05) is 33.9 Å². The van der Waals surface area contributed by atoms with Gasteiger partial charge in [0.25, 0.3) is 10.2 Å². The highest BCUT2D eigenvalue weighted by atomic mass is 32.2. The first kappa shape index (κ1) is 18.3. The largest absolute Gasteiger partial charge is 0.469 e. The van der Waals surface area contributed by atoms with Crippen molar-refractivity contribution in [3.63, 3.8) is 0 Å². The number of methoxy groups -OCH3 is 1. The van der Waals surface area contributed by atoms with Crippen LogP contribution in [0.4, 0.5) is 0 Å². The van der Waals surface area contributed by atoms with E-state index in [9.17, 15) is 18.3 Å². The molecular weight excluding hydrogens is 296 g/mol. The molecule has 8 heteroatoms. The van der Waals surface area contributed by atoms with Crippen molar-refractivity contribution in [2.24, 2.45) is 5.41 Å². The number of rotatable bonds is 8. The average Bonchev–Trinajstić information content (AvgIpc) is 2.51. The third kappa shape index (κ3) is 5.54. The van der Waals surface area contributed by atoms with E-state index in [-0.39, 0.29) is 31.5 Å². The monoisotopic (exact) mass is 322 g/mol. The summed E-state index contributed by atoms with van der Waals surface area (Å²) < 4.78 is 32.4. The molecule has 0 heterocycles. The number of aliphatic hydroxyl groups excluding tert-OH is 1. The Morgan fingerprint density at radius 3 is 2.48 bits per heavy atom. The van der Waals surface area contributed by atoms with Crippen LogP contribution in [-0.4, -0.2) is 57.7 Å². The molecule has 1 rings (SSSR count). The number of nitrogens with one attached hydrogen (secondary N) is 1. The van der Waals surface area contributed by atoms with Crippen LogP contribution in [0.2, 0.25) is 0 Å². The van der Waals surface area contributed by atoms with Crippen LogP contribution in [0.5, 0.6) is 0 Å². The van der Waals surface area contributed by atoms with Crippen molar-refractivity contribution in [2.45, 2.75) is 38.5 Å². The van der Waals surface area contributed by atoms with E-state index >= 15 is 0 Å². The molecule has 0 bridgehead atoms. The zero-order chi connectivity index (χ0) is 15.9. The quantitative estimate of drug-likeness (QED) is 0.625. The second-order valence-corrected chi connectivity index (χ2v) is 7.55. The summed E-state index contributed by atoms with van der Waals surface area (Å²) in [6.45, 7) is 0.282. The lowest BCUT2D eigenvalue weighted by Gasteiger charge is -2.36. The molecule has 124 valence electrons. The van der Waals surface area contributed by atoms with E-state index in [0.717, 1.165) is 36.4 Å². The SMILES string of the molecule is COC(=O)CCN(C)S(=O)(=O)NCC1(CO)CCCCC1. The molecule has 0 radical (unpaired) electrons. The molecule has 7 nitrogen and oxygen atoms in total. The summed E-state index contributed by atoms with van der Waals surface area (Å²) >= 11 is 0. The van der Waals surface area contributed by atoms with Gasteiger partial charge in [-0.25, -0.2) is 4.72 Å². The molecule has 0 aromatic heterocycles. The van der Waals surface area contributed by atoms with Gasteiger partial charge in [-0.1, -0.05) is 19.3 Å². The van der Waals surface area contributed by atoms with Crippen LogP contribution in [0, 0.1) is 5.41 Å². The fourth-order valence-electron chi connectivity index (χ4n) is 2.52. The van der Waals surface area contributed by atoms with Crippen molar-refractivity contribution in [3.8, 4) is 0 Å². The summed E-state index contributed by atoms with van der Waals surface area (Å²) in [6.07, 6.45) is 4.84. The van der Waals surface area contributed by atoms with Crippen LogP contribution >= 0.6 is 0 Å². The molecule has 0 aromatic rings. The number of ether oxygens (including phenoxy) is 1. The maximum Gasteiger partial charge on any atom is 0.306 e. The summed E-state index contributed by atoms with van der Waals surface area (Å²) in [6, 6.07) is 0. The number of hydrogen-bond acceptors (Lipinski definition) is 5. The number of esters is 1. The number of carbonyl (C=O) groups is 1. The second-order valence-electron chi connectivity index (χ2n) is 5.69. The highest BCUT2D eigenvalue weighted by Crippen LogP contribution is 2.35. The lowest BCUT2D eigenvalue weighted by atomic mass is 9.75. The molecule has 1 aliphatic rings. The Balaban J connectivity index is 2.52. The molecule has 0 unspecified atom stereocenters. The topological polar surface area (TPSA) is 95.9 Å². The Kier molecular flexibility index (Phi) is 7.05. The van der Waals surface area contributed by atoms with Gasteiger partial charge in [0.2, 0.25) is 0 Å². The predicted octanol–water partition coefficient (Wildman–Crippen LogP) is 0.259. The minimum Gasteiger partial charge on any atom is -0.469 e. The van der Waals surface area contributed by atoms with Gasteiger partial charge in [0.05, 0.1) is 13.5 Å². The van der Waals surface area contributed by atoms with Crippen LogP contribution < -0.4 is 4.72 Å². The maximum absolute atomic E-state index is 12.1. The number of hydrogen-bond donors (Lipinski definition) is 2. The summed E-state index contributed by atoms with van der Waals surface area (Å²) in [4.78, 5) is 11.0. The Bertz CT molecular complexity index is 432. The predicted molar refractivity (Wildman–Crippen MR) is 78.8 cm³/mol. The maximum atomic E-state index is 12.1. The van der Waals surface area contributed by atoms with Crippen LogP contribution in [0.25, 0.3) is 0 Å². The highest BCUT2D eigenvalue weighted by Gasteiger charge is 2.33. The van der Waals surface area contributed by atoms with E-state index < -0.39 is 16.2 Å². The van der Waals surface area contributed by atoms with Gasteiger partial charge in [-0.3, -0.25) is 4.79 Å². The Morgan fingerprint density at radius 1 is 1.33 bits per heavy atom. The minimum absolute atomic E-state index is 0.0125. The molecule has 1 fully saturated rings. The van der Waals surface area contributed by atoms with Gasteiger partial charge < -0.3 is 9.84 Å². The van der Waals surface area contributed by atoms with E-state index in [0.29, 0.717) is 0 Å². The Labute approximate surface area is 126 Å². The molecule has 0 amide bonds. The molecule has 0 atom stereocenters. The van der Waals surface area contributed by atoms with Gasteiger partial charge in [-0.05, 0) is 12.8 Å². The first-order valence-electron chi connectivity index (χ1n) is 7.24. The summed E-state index contributed by atoms with van der Waals surface area (Å²) in [7, 11) is -0.966. The molecular formula is C13H26N2O5S. The first-order valence-corrected chi connectivity index (χ1v) is 8.68. The van der Waals surface area contributed by atoms with Gasteiger partial charge >= 0.3 is 5.97 Å². The van der Waals surface area contributed by atoms with Crippen LogP contribution in [0.1, 0.15) is 38.5 Å². The fourth-order valence-corrected chi connectivity index (χ4v) is 3.56. The van der Waals surface area contributed by atoms with Gasteiger partial charge in [-0.15, -0.1) is 0 Å². The lowest BCUT2D eigenvalue weighted by molar-refractivity contribution is -0.140. The van der Waals surface area contributed by atoms with E-state index in [2.05, 4.69) is 9.46 Å². The molecule has 21 heavy (non-hydrogen) atoms. The number of aliphatic hydroxyl groups is 1. The van der Waals surface area contributed by atoms with E-state index in [1.807, 2.05) is 0 Å². The molecule has 0 spiro atoms. The standard InChI is InChI=1S/C13H26N2O5S/c1-15(9-6-12(17)20-2)21(18,19)14-10-13(11-16)7-4-3-5-8-13/h14,16H,3-11H2,1-2H3. The zero-order valence-electron chi connectivity index (χ0n) is 12.8. The molecule has 2 N–H and O–H groups in total. The van der Waals surface area contributed by atoms with Crippen molar-refractivity contribution in [1.29, 1.82) is 0 Å². The summed E-state index contributed by atoms with van der Waals surface area (Å²) in [5.41, 5.74) is -0.353. The van der Waals surface area contributed by atoms with Gasteiger partial charge in [0.15, 0.2) is 0 Å². The van der Waals surface area contributed by atoms with Gasteiger partial charge in [0.1, 0.15) is 0 Å². The summed E-state index contributed by atoms with van der Waals surface area (Å²) in [5, 5.41) is 9.58. The van der Waals surface area contributed by atoms with Crippen LogP contribution in [-0.2, 0) is 19.7 Å². The average molecular weight is 322 g/mol. The summed E-state index contributed by atoms with van der Waals surface area (Å²) in [5.74, 6) is -0.448.